The Labute approximate surface area is 417 Å². The number of carbonyl (C=O) groups is 3. The van der Waals surface area contributed by atoms with E-state index in [1.165, 1.54) is 51.4 Å². The molecule has 0 aliphatic rings. The number of allylic oxidation sites excluding steroid dienone is 24. The summed E-state index contributed by atoms with van der Waals surface area (Å²) >= 11 is 0. The summed E-state index contributed by atoms with van der Waals surface area (Å²) in [6.07, 6.45) is 78.4. The molecule has 0 heterocycles. The zero-order chi connectivity index (χ0) is 49.3. The molecule has 0 aromatic carbocycles. The van der Waals surface area contributed by atoms with E-state index in [4.69, 9.17) is 14.2 Å². The monoisotopic (exact) mass is 937 g/mol. The second-order valence-electron chi connectivity index (χ2n) is 17.0. The highest BCUT2D eigenvalue weighted by atomic mass is 16.6. The minimum Gasteiger partial charge on any atom is -0.462 e. The van der Waals surface area contributed by atoms with Crippen molar-refractivity contribution in [2.24, 2.45) is 0 Å². The predicted octanol–water partition coefficient (Wildman–Crippen LogP) is 18.0. The predicted molar refractivity (Wildman–Crippen MR) is 292 cm³/mol. The highest BCUT2D eigenvalue weighted by Gasteiger charge is 2.19. The van der Waals surface area contributed by atoms with Gasteiger partial charge in [-0.05, 0) is 135 Å². The van der Waals surface area contributed by atoms with Crippen molar-refractivity contribution >= 4 is 17.9 Å². The van der Waals surface area contributed by atoms with Crippen LogP contribution in [0.1, 0.15) is 207 Å². The third-order valence-corrected chi connectivity index (χ3v) is 10.5. The molecule has 380 valence electrons. The first-order chi connectivity index (χ1) is 33.5. The van der Waals surface area contributed by atoms with Gasteiger partial charge in [0.2, 0.25) is 0 Å². The van der Waals surface area contributed by atoms with Crippen LogP contribution in [0.15, 0.2) is 146 Å². The summed E-state index contributed by atoms with van der Waals surface area (Å²) in [4.78, 5) is 38.0. The SMILES string of the molecule is CC/C=C\C/C=C\C/C=C\C/C=C\CCCCCC(=O)OCC(COC(=O)CCC/C=C\C/C=C\C/C=C\C/C=C\CCCCC)OC(=O)CCC/C=C\C/C=C\C/C=C\C/C=C\CCCCC. The molecule has 1 unspecified atom stereocenters. The zero-order valence-corrected chi connectivity index (χ0v) is 43.3. The Bertz CT molecular complexity index is 1540. The fourth-order valence-electron chi connectivity index (χ4n) is 6.53. The summed E-state index contributed by atoms with van der Waals surface area (Å²) in [7, 11) is 0. The number of unbranched alkanes of at least 4 members (excludes halogenated alkanes) is 11. The molecule has 0 rings (SSSR count). The van der Waals surface area contributed by atoms with Gasteiger partial charge in [-0.25, -0.2) is 0 Å². The number of carbonyl (C=O) groups excluding carboxylic acids is 3. The molecule has 0 N–H and O–H groups in total. The lowest BCUT2D eigenvalue weighted by Gasteiger charge is -2.18. The lowest BCUT2D eigenvalue weighted by Crippen LogP contribution is -2.30. The van der Waals surface area contributed by atoms with Crippen LogP contribution in [0.2, 0.25) is 0 Å². The fourth-order valence-corrected chi connectivity index (χ4v) is 6.53. The second-order valence-corrected chi connectivity index (χ2v) is 17.0. The van der Waals surface area contributed by atoms with Crippen LogP contribution in [0.3, 0.4) is 0 Å². The van der Waals surface area contributed by atoms with E-state index in [1.54, 1.807) is 0 Å². The smallest absolute Gasteiger partial charge is 0.306 e. The van der Waals surface area contributed by atoms with E-state index in [-0.39, 0.29) is 38.0 Å². The van der Waals surface area contributed by atoms with E-state index >= 15 is 0 Å². The quantitative estimate of drug-likeness (QED) is 0.0262. The summed E-state index contributed by atoms with van der Waals surface area (Å²) in [6, 6.07) is 0. The molecule has 68 heavy (non-hydrogen) atoms. The molecule has 0 aliphatic carbocycles. The summed E-state index contributed by atoms with van der Waals surface area (Å²) in [5.74, 6) is -1.09. The van der Waals surface area contributed by atoms with Gasteiger partial charge in [-0.1, -0.05) is 199 Å². The molecule has 0 aliphatic heterocycles. The Morgan fingerprint density at radius 3 is 0.926 bits per heavy atom. The van der Waals surface area contributed by atoms with Crippen LogP contribution in [-0.4, -0.2) is 37.2 Å². The van der Waals surface area contributed by atoms with Gasteiger partial charge in [0.15, 0.2) is 6.10 Å². The maximum absolute atomic E-state index is 12.8. The van der Waals surface area contributed by atoms with Crippen molar-refractivity contribution in [1.29, 1.82) is 0 Å². The first-order valence-corrected chi connectivity index (χ1v) is 26.8. The molecule has 6 heteroatoms. The van der Waals surface area contributed by atoms with Gasteiger partial charge >= 0.3 is 17.9 Å². The van der Waals surface area contributed by atoms with Crippen LogP contribution in [0.5, 0.6) is 0 Å². The van der Waals surface area contributed by atoms with E-state index in [9.17, 15) is 14.4 Å². The van der Waals surface area contributed by atoms with Crippen LogP contribution >= 0.6 is 0 Å². The van der Waals surface area contributed by atoms with Gasteiger partial charge in [-0.15, -0.1) is 0 Å². The van der Waals surface area contributed by atoms with Crippen LogP contribution in [0.25, 0.3) is 0 Å². The van der Waals surface area contributed by atoms with Crippen molar-refractivity contribution in [1.82, 2.24) is 0 Å². The fraction of sp³-hybridized carbons (Fsp3) is 0.565. The number of esters is 3. The number of hydrogen-bond acceptors (Lipinski definition) is 6. The van der Waals surface area contributed by atoms with Crippen molar-refractivity contribution in [3.05, 3.63) is 146 Å². The largest absolute Gasteiger partial charge is 0.462 e. The van der Waals surface area contributed by atoms with E-state index in [0.29, 0.717) is 19.3 Å². The molecule has 0 spiro atoms. The standard InChI is InChI=1S/C62H96O6/c1-4-7-10-13-16-19-22-25-28-31-34-37-40-43-46-49-52-55-61(64)67-58-59(57-66-60(63)54-51-48-45-42-39-36-33-30-27-24-21-18-15-12-9-6-3)68-62(65)56-53-50-47-44-41-38-35-32-29-26-23-20-17-14-11-8-5-2/h9,12,16-21,25-30,34-39,43-44,46-47,59H,4-8,10-11,13-15,22-24,31-33,40-42,45,48-58H2,1-3H3/b12-9-,19-16-,20-17-,21-18-,28-25-,29-26-,30-27-,37-34-,38-35-,39-36-,46-43-,47-44-. The van der Waals surface area contributed by atoms with Crippen LogP contribution in [0.4, 0.5) is 0 Å². The Balaban J connectivity index is 4.65. The molecule has 1 atom stereocenters. The van der Waals surface area contributed by atoms with Gasteiger partial charge in [0.1, 0.15) is 13.2 Å². The number of ether oxygens (including phenoxy) is 3. The number of rotatable bonds is 46. The maximum Gasteiger partial charge on any atom is 0.306 e. The van der Waals surface area contributed by atoms with Gasteiger partial charge in [-0.3, -0.25) is 14.4 Å². The third kappa shape index (κ3) is 52.3. The van der Waals surface area contributed by atoms with E-state index in [2.05, 4.69) is 167 Å². The third-order valence-electron chi connectivity index (χ3n) is 10.5. The highest BCUT2D eigenvalue weighted by molar-refractivity contribution is 5.71. The zero-order valence-electron chi connectivity index (χ0n) is 43.3. The van der Waals surface area contributed by atoms with Crippen molar-refractivity contribution in [2.75, 3.05) is 13.2 Å². The van der Waals surface area contributed by atoms with Crippen LogP contribution < -0.4 is 0 Å². The molecule has 0 fully saturated rings. The van der Waals surface area contributed by atoms with Crippen molar-refractivity contribution in [3.63, 3.8) is 0 Å². The minimum atomic E-state index is -0.848. The van der Waals surface area contributed by atoms with Gasteiger partial charge in [0.05, 0.1) is 0 Å². The average Bonchev–Trinajstić information content (AvgIpc) is 3.34. The highest BCUT2D eigenvalue weighted by Crippen LogP contribution is 2.10. The average molecular weight is 937 g/mol. The van der Waals surface area contributed by atoms with E-state index in [1.807, 2.05) is 0 Å². The first kappa shape index (κ1) is 63.3. The molecule has 6 nitrogen and oxygen atoms in total. The molecular formula is C62H96O6. The molecular weight excluding hydrogens is 841 g/mol. The van der Waals surface area contributed by atoms with Crippen LogP contribution in [0, 0.1) is 0 Å². The van der Waals surface area contributed by atoms with Crippen molar-refractivity contribution in [3.8, 4) is 0 Å². The van der Waals surface area contributed by atoms with Gasteiger partial charge in [0, 0.05) is 19.3 Å². The number of hydrogen-bond donors (Lipinski definition) is 0. The summed E-state index contributed by atoms with van der Waals surface area (Å²) in [6.45, 7) is 6.32. The summed E-state index contributed by atoms with van der Waals surface area (Å²) < 4.78 is 16.7. The van der Waals surface area contributed by atoms with E-state index < -0.39 is 12.1 Å². The second kappa shape index (κ2) is 54.9. The van der Waals surface area contributed by atoms with Crippen molar-refractivity contribution in [2.45, 2.75) is 213 Å². The van der Waals surface area contributed by atoms with Crippen molar-refractivity contribution < 1.29 is 28.6 Å². The molecule has 0 aromatic heterocycles. The normalized spacial score (nSPS) is 13.3. The Kier molecular flexibility index (Phi) is 51.1. The molecule has 0 radical (unpaired) electrons. The Morgan fingerprint density at radius 2 is 0.588 bits per heavy atom. The lowest BCUT2D eigenvalue weighted by atomic mass is 10.1. The summed E-state index contributed by atoms with van der Waals surface area (Å²) in [5.41, 5.74) is 0. The first-order valence-electron chi connectivity index (χ1n) is 26.8. The van der Waals surface area contributed by atoms with Gasteiger partial charge in [0.25, 0.3) is 0 Å². The lowest BCUT2D eigenvalue weighted by molar-refractivity contribution is -0.167. The van der Waals surface area contributed by atoms with Gasteiger partial charge < -0.3 is 14.2 Å². The van der Waals surface area contributed by atoms with Crippen LogP contribution in [-0.2, 0) is 28.6 Å². The van der Waals surface area contributed by atoms with E-state index in [0.717, 1.165) is 103 Å². The Morgan fingerprint density at radius 1 is 0.309 bits per heavy atom. The molecule has 0 aromatic rings. The van der Waals surface area contributed by atoms with Gasteiger partial charge in [-0.2, -0.15) is 0 Å². The molecule has 0 amide bonds. The molecule has 0 saturated heterocycles. The summed E-state index contributed by atoms with van der Waals surface area (Å²) in [5, 5.41) is 0. The molecule has 0 bridgehead atoms. The maximum atomic E-state index is 12.8. The topological polar surface area (TPSA) is 78.9 Å². The minimum absolute atomic E-state index is 0.140. The molecule has 0 saturated carbocycles. The Hall–Kier alpha value is -4.71.